The van der Waals surface area contributed by atoms with E-state index in [1.807, 2.05) is 6.92 Å². The molecular formula is C17H22FN3O3S. The van der Waals surface area contributed by atoms with Crippen molar-refractivity contribution in [3.63, 3.8) is 0 Å². The van der Waals surface area contributed by atoms with Crippen molar-refractivity contribution in [1.82, 2.24) is 14.1 Å². The monoisotopic (exact) mass is 367 g/mol. The lowest BCUT2D eigenvalue weighted by Gasteiger charge is -2.15. The van der Waals surface area contributed by atoms with E-state index in [2.05, 4.69) is 5.10 Å². The van der Waals surface area contributed by atoms with Crippen molar-refractivity contribution in [2.45, 2.75) is 31.2 Å². The Hall–Kier alpha value is -1.93. The molecule has 3 rings (SSSR count). The minimum atomic E-state index is -3.50. The molecule has 0 spiro atoms. The zero-order valence-corrected chi connectivity index (χ0v) is 15.0. The Morgan fingerprint density at radius 1 is 1.36 bits per heavy atom. The van der Waals surface area contributed by atoms with E-state index >= 15 is 0 Å². The number of aryl methyl sites for hydroxylation is 1. The molecule has 2 aromatic rings. The summed E-state index contributed by atoms with van der Waals surface area (Å²) in [5.41, 5.74) is 0. The van der Waals surface area contributed by atoms with Crippen LogP contribution in [0.4, 0.5) is 4.39 Å². The number of halogens is 1. The quantitative estimate of drug-likeness (QED) is 0.754. The average molecular weight is 367 g/mol. The maximum absolute atomic E-state index is 13.5. The van der Waals surface area contributed by atoms with Crippen molar-refractivity contribution >= 4 is 10.0 Å². The number of aromatic nitrogens is 2. The summed E-state index contributed by atoms with van der Waals surface area (Å²) >= 11 is 0. The standard InChI is InChI=1S/C17H22FN3O3S/c1-2-20-13-15(11-19-20)25(22,23)21-9-7-14(12-21)8-10-24-17-6-4-3-5-16(17)18/h3-6,11,13-14H,2,7-10,12H2,1H3. The second-order valence-electron chi connectivity index (χ2n) is 6.12. The molecular weight excluding hydrogens is 345 g/mol. The number of rotatable bonds is 7. The second-order valence-corrected chi connectivity index (χ2v) is 8.05. The molecule has 1 saturated heterocycles. The molecule has 1 aromatic carbocycles. The van der Waals surface area contributed by atoms with Crippen LogP contribution in [0.25, 0.3) is 0 Å². The molecule has 0 bridgehead atoms. The molecule has 0 amide bonds. The first-order chi connectivity index (χ1) is 12.0. The third-order valence-electron chi connectivity index (χ3n) is 4.44. The van der Waals surface area contributed by atoms with Gasteiger partial charge >= 0.3 is 0 Å². The van der Waals surface area contributed by atoms with Crippen LogP contribution in [0.15, 0.2) is 41.6 Å². The Bertz CT molecular complexity index is 822. The first-order valence-corrected chi connectivity index (χ1v) is 9.84. The third kappa shape index (κ3) is 4.01. The van der Waals surface area contributed by atoms with Gasteiger partial charge in [-0.3, -0.25) is 4.68 Å². The Morgan fingerprint density at radius 3 is 2.88 bits per heavy atom. The normalized spacial score (nSPS) is 18.6. The highest BCUT2D eigenvalue weighted by Gasteiger charge is 2.33. The van der Waals surface area contributed by atoms with E-state index in [1.54, 1.807) is 29.1 Å². The number of benzene rings is 1. The highest BCUT2D eigenvalue weighted by atomic mass is 32.2. The molecule has 1 atom stereocenters. The van der Waals surface area contributed by atoms with Crippen LogP contribution in [0.5, 0.6) is 5.75 Å². The smallest absolute Gasteiger partial charge is 0.246 e. The summed E-state index contributed by atoms with van der Waals surface area (Å²) in [5, 5.41) is 4.04. The van der Waals surface area contributed by atoms with E-state index in [-0.39, 0.29) is 22.4 Å². The Kier molecular flexibility index (Phi) is 5.39. The number of ether oxygens (including phenoxy) is 1. The zero-order chi connectivity index (χ0) is 17.9. The highest BCUT2D eigenvalue weighted by Crippen LogP contribution is 2.26. The summed E-state index contributed by atoms with van der Waals surface area (Å²) in [4.78, 5) is 0.234. The van der Waals surface area contributed by atoms with Crippen molar-refractivity contribution in [3.8, 4) is 5.75 Å². The van der Waals surface area contributed by atoms with Gasteiger partial charge in [0.25, 0.3) is 0 Å². The molecule has 1 aliphatic rings. The molecule has 1 fully saturated rings. The van der Waals surface area contributed by atoms with Gasteiger partial charge in [0.15, 0.2) is 11.6 Å². The van der Waals surface area contributed by atoms with Crippen LogP contribution < -0.4 is 4.74 Å². The molecule has 2 heterocycles. The lowest BCUT2D eigenvalue weighted by atomic mass is 10.1. The molecule has 1 aliphatic heterocycles. The Morgan fingerprint density at radius 2 is 2.16 bits per heavy atom. The van der Waals surface area contributed by atoms with Gasteiger partial charge in [0, 0.05) is 25.8 Å². The lowest BCUT2D eigenvalue weighted by molar-refractivity contribution is 0.269. The van der Waals surface area contributed by atoms with E-state index in [1.165, 1.54) is 16.6 Å². The molecule has 6 nitrogen and oxygen atoms in total. The minimum absolute atomic E-state index is 0.211. The van der Waals surface area contributed by atoms with Gasteiger partial charge < -0.3 is 4.74 Å². The predicted molar refractivity (Wildman–Crippen MR) is 91.3 cm³/mol. The summed E-state index contributed by atoms with van der Waals surface area (Å²) in [6.45, 7) is 3.86. The maximum Gasteiger partial charge on any atom is 0.246 e. The minimum Gasteiger partial charge on any atom is -0.491 e. The molecule has 0 saturated carbocycles. The topological polar surface area (TPSA) is 64.4 Å². The number of nitrogens with zero attached hydrogens (tertiary/aromatic N) is 3. The SMILES string of the molecule is CCn1cc(S(=O)(=O)N2CCC(CCOc3ccccc3F)C2)cn1. The third-order valence-corrected chi connectivity index (χ3v) is 6.26. The second kappa shape index (κ2) is 7.53. The van der Waals surface area contributed by atoms with Crippen molar-refractivity contribution < 1.29 is 17.5 Å². The van der Waals surface area contributed by atoms with E-state index in [0.717, 1.165) is 6.42 Å². The zero-order valence-electron chi connectivity index (χ0n) is 14.1. The molecule has 25 heavy (non-hydrogen) atoms. The number of hydrogen-bond donors (Lipinski definition) is 0. The van der Waals surface area contributed by atoms with Gasteiger partial charge in [-0.15, -0.1) is 0 Å². The summed E-state index contributed by atoms with van der Waals surface area (Å²) < 4.78 is 47.4. The largest absolute Gasteiger partial charge is 0.491 e. The number of para-hydroxylation sites is 1. The molecule has 0 radical (unpaired) electrons. The van der Waals surface area contributed by atoms with Crippen LogP contribution in [0.3, 0.4) is 0 Å². The summed E-state index contributed by atoms with van der Waals surface area (Å²) in [6, 6.07) is 6.28. The number of hydrogen-bond acceptors (Lipinski definition) is 4. The van der Waals surface area contributed by atoms with Gasteiger partial charge in [-0.25, -0.2) is 12.8 Å². The van der Waals surface area contributed by atoms with Gasteiger partial charge in [0.1, 0.15) is 4.90 Å². The van der Waals surface area contributed by atoms with Crippen LogP contribution in [0, 0.1) is 11.7 Å². The fourth-order valence-electron chi connectivity index (χ4n) is 2.95. The lowest BCUT2D eigenvalue weighted by Crippen LogP contribution is -2.28. The van der Waals surface area contributed by atoms with Crippen molar-refractivity contribution in [2.75, 3.05) is 19.7 Å². The van der Waals surface area contributed by atoms with Crippen LogP contribution in [0.1, 0.15) is 19.8 Å². The van der Waals surface area contributed by atoms with Crippen molar-refractivity contribution in [3.05, 3.63) is 42.5 Å². The van der Waals surface area contributed by atoms with E-state index in [4.69, 9.17) is 4.74 Å². The molecule has 0 aliphatic carbocycles. The first-order valence-electron chi connectivity index (χ1n) is 8.40. The molecule has 1 aromatic heterocycles. The van der Waals surface area contributed by atoms with Gasteiger partial charge in [-0.05, 0) is 37.8 Å². The fraction of sp³-hybridized carbons (Fsp3) is 0.471. The van der Waals surface area contributed by atoms with E-state index in [0.29, 0.717) is 32.7 Å². The van der Waals surface area contributed by atoms with Crippen LogP contribution in [0.2, 0.25) is 0 Å². The molecule has 1 unspecified atom stereocenters. The van der Waals surface area contributed by atoms with Gasteiger partial charge in [0.05, 0.1) is 12.8 Å². The maximum atomic E-state index is 13.5. The van der Waals surface area contributed by atoms with Gasteiger partial charge in [-0.2, -0.15) is 9.40 Å². The van der Waals surface area contributed by atoms with E-state index in [9.17, 15) is 12.8 Å². The fourth-order valence-corrected chi connectivity index (χ4v) is 4.43. The Balaban J connectivity index is 1.54. The average Bonchev–Trinajstić information content (AvgIpc) is 3.26. The summed E-state index contributed by atoms with van der Waals surface area (Å²) in [6.07, 6.45) is 4.42. The van der Waals surface area contributed by atoms with Gasteiger partial charge in [0.2, 0.25) is 10.0 Å². The molecule has 136 valence electrons. The number of sulfonamides is 1. The summed E-state index contributed by atoms with van der Waals surface area (Å²) in [5.74, 6) is 0.0609. The van der Waals surface area contributed by atoms with Crippen molar-refractivity contribution in [1.29, 1.82) is 0 Å². The predicted octanol–water partition coefficient (Wildman–Crippen LogP) is 2.52. The van der Waals surface area contributed by atoms with Crippen LogP contribution >= 0.6 is 0 Å². The highest BCUT2D eigenvalue weighted by molar-refractivity contribution is 7.89. The van der Waals surface area contributed by atoms with Crippen LogP contribution in [-0.2, 0) is 16.6 Å². The van der Waals surface area contributed by atoms with Crippen molar-refractivity contribution in [2.24, 2.45) is 5.92 Å². The summed E-state index contributed by atoms with van der Waals surface area (Å²) in [7, 11) is -3.50. The first kappa shape index (κ1) is 17.9. The molecule has 8 heteroatoms. The Labute approximate surface area is 147 Å². The van der Waals surface area contributed by atoms with Crippen LogP contribution in [-0.4, -0.2) is 42.2 Å². The van der Waals surface area contributed by atoms with E-state index < -0.39 is 10.0 Å². The molecule has 0 N–H and O–H groups in total. The van der Waals surface area contributed by atoms with Gasteiger partial charge in [-0.1, -0.05) is 12.1 Å².